The van der Waals surface area contributed by atoms with Crippen LogP contribution in [-0.2, 0) is 19.3 Å². The van der Waals surface area contributed by atoms with Gasteiger partial charge in [0.15, 0.2) is 0 Å². The van der Waals surface area contributed by atoms with Crippen molar-refractivity contribution >= 4 is 44.6 Å². The predicted molar refractivity (Wildman–Crippen MR) is 125 cm³/mol. The van der Waals surface area contributed by atoms with Gasteiger partial charge < -0.3 is 9.80 Å². The van der Waals surface area contributed by atoms with Crippen LogP contribution in [0, 0.1) is 0 Å². The monoisotopic (exact) mass is 440 g/mol. The highest BCUT2D eigenvalue weighted by Gasteiger charge is 2.28. The molecule has 0 bridgehead atoms. The van der Waals surface area contributed by atoms with Gasteiger partial charge in [-0.25, -0.2) is 9.97 Å². The van der Waals surface area contributed by atoms with E-state index in [0.717, 1.165) is 68.4 Å². The molecule has 5 rings (SSSR count). The number of carbonyl (C=O) groups excluding carboxylic acids is 1. The first-order valence-electron chi connectivity index (χ1n) is 11.1. The second-order valence-corrected chi connectivity index (χ2v) is 10.2. The molecule has 0 spiro atoms. The fraction of sp³-hybridized carbons (Fsp3) is 0.522. The number of thiophene rings is 2. The van der Waals surface area contributed by atoms with Crippen LogP contribution in [0.3, 0.4) is 0 Å². The van der Waals surface area contributed by atoms with Crippen LogP contribution in [0.15, 0.2) is 17.5 Å². The Kier molecular flexibility index (Phi) is 5.74. The van der Waals surface area contributed by atoms with Crippen LogP contribution in [0.25, 0.3) is 10.2 Å². The van der Waals surface area contributed by atoms with E-state index in [4.69, 9.17) is 9.97 Å². The van der Waals surface area contributed by atoms with Gasteiger partial charge in [0.25, 0.3) is 5.91 Å². The number of fused-ring (bicyclic) bond motifs is 3. The molecule has 0 unspecified atom stereocenters. The average Bonchev–Trinajstić information content (AvgIpc) is 3.45. The van der Waals surface area contributed by atoms with Crippen LogP contribution in [0.4, 0.5) is 5.82 Å². The van der Waals surface area contributed by atoms with E-state index >= 15 is 0 Å². The quantitative estimate of drug-likeness (QED) is 0.564. The van der Waals surface area contributed by atoms with Gasteiger partial charge in [-0.15, -0.1) is 22.7 Å². The molecule has 4 heterocycles. The summed E-state index contributed by atoms with van der Waals surface area (Å²) in [5, 5.41) is 3.27. The molecule has 0 aromatic carbocycles. The zero-order valence-corrected chi connectivity index (χ0v) is 19.2. The smallest absolute Gasteiger partial charge is 0.264 e. The van der Waals surface area contributed by atoms with E-state index in [0.29, 0.717) is 0 Å². The summed E-state index contributed by atoms with van der Waals surface area (Å²) in [6, 6.07) is 3.87. The Hall–Kier alpha value is -1.99. The Labute approximate surface area is 185 Å². The minimum atomic E-state index is 0.161. The topological polar surface area (TPSA) is 49.3 Å². The van der Waals surface area contributed by atoms with Gasteiger partial charge in [-0.05, 0) is 49.1 Å². The van der Waals surface area contributed by atoms with Gasteiger partial charge in [0.2, 0.25) is 0 Å². The van der Waals surface area contributed by atoms with Gasteiger partial charge in [0.1, 0.15) is 16.5 Å². The number of carbonyl (C=O) groups is 1. The lowest BCUT2D eigenvalue weighted by molar-refractivity contribution is 0.0751. The molecule has 0 atom stereocenters. The Morgan fingerprint density at radius 3 is 2.73 bits per heavy atom. The molecule has 0 saturated carbocycles. The molecule has 1 amide bonds. The van der Waals surface area contributed by atoms with Gasteiger partial charge >= 0.3 is 0 Å². The number of amides is 1. The summed E-state index contributed by atoms with van der Waals surface area (Å²) in [6.07, 6.45) is 8.10. The summed E-state index contributed by atoms with van der Waals surface area (Å²) >= 11 is 3.41. The minimum absolute atomic E-state index is 0.161. The third kappa shape index (κ3) is 3.73. The van der Waals surface area contributed by atoms with E-state index in [1.54, 1.807) is 0 Å². The summed E-state index contributed by atoms with van der Waals surface area (Å²) in [4.78, 5) is 30.7. The summed E-state index contributed by atoms with van der Waals surface area (Å²) < 4.78 is 0. The molecular formula is C23H28N4OS2. The molecule has 0 N–H and O–H groups in total. The minimum Gasteiger partial charge on any atom is -0.352 e. The predicted octanol–water partition coefficient (Wildman–Crippen LogP) is 4.94. The third-order valence-electron chi connectivity index (χ3n) is 6.19. The number of rotatable bonds is 5. The number of aromatic nitrogens is 2. The van der Waals surface area contributed by atoms with Crippen LogP contribution in [0.1, 0.15) is 58.5 Å². The molecule has 2 aliphatic rings. The van der Waals surface area contributed by atoms with E-state index in [2.05, 4.69) is 11.8 Å². The van der Waals surface area contributed by atoms with Crippen molar-refractivity contribution in [2.75, 3.05) is 31.1 Å². The van der Waals surface area contributed by atoms with E-state index in [9.17, 15) is 4.79 Å². The molecule has 1 aliphatic carbocycles. The Bertz CT molecular complexity index is 1040. The van der Waals surface area contributed by atoms with Gasteiger partial charge in [-0.3, -0.25) is 4.79 Å². The van der Waals surface area contributed by atoms with Crippen molar-refractivity contribution in [3.8, 4) is 0 Å². The molecule has 5 nitrogen and oxygen atoms in total. The van der Waals surface area contributed by atoms with Crippen LogP contribution >= 0.6 is 22.7 Å². The van der Waals surface area contributed by atoms with Crippen LogP contribution in [-0.4, -0.2) is 47.0 Å². The first-order valence-corrected chi connectivity index (χ1v) is 12.8. The number of aryl methyl sites for hydroxylation is 3. The number of anilines is 1. The van der Waals surface area contributed by atoms with Crippen molar-refractivity contribution in [3.05, 3.63) is 38.7 Å². The van der Waals surface area contributed by atoms with Crippen LogP contribution < -0.4 is 4.90 Å². The molecule has 1 aliphatic heterocycles. The maximum Gasteiger partial charge on any atom is 0.264 e. The number of nitrogens with zero attached hydrogens (tertiary/aromatic N) is 4. The molecule has 30 heavy (non-hydrogen) atoms. The molecule has 1 saturated heterocycles. The summed E-state index contributed by atoms with van der Waals surface area (Å²) in [5.74, 6) is 2.26. The van der Waals surface area contributed by atoms with Gasteiger partial charge in [0, 0.05) is 37.5 Å². The summed E-state index contributed by atoms with van der Waals surface area (Å²) in [5.41, 5.74) is 1.50. The molecule has 7 heteroatoms. The standard InChI is InChI=1S/C23H28N4OS2/c1-2-3-10-19-24-21(20-16-7-4-5-8-17(16)30-22(20)25-19)26-11-13-27(14-12-26)23(28)18-9-6-15-29-18/h6,9,15H,2-5,7-8,10-14H2,1H3. The van der Waals surface area contributed by atoms with Gasteiger partial charge in [0.05, 0.1) is 10.3 Å². The van der Waals surface area contributed by atoms with Crippen molar-refractivity contribution in [1.29, 1.82) is 0 Å². The first kappa shape index (κ1) is 19.9. The van der Waals surface area contributed by atoms with Gasteiger partial charge in [-0.1, -0.05) is 19.4 Å². The summed E-state index contributed by atoms with van der Waals surface area (Å²) in [6.45, 7) is 5.38. The summed E-state index contributed by atoms with van der Waals surface area (Å²) in [7, 11) is 0. The lowest BCUT2D eigenvalue weighted by atomic mass is 9.97. The Balaban J connectivity index is 1.44. The van der Waals surface area contributed by atoms with E-state index in [1.165, 1.54) is 51.3 Å². The number of hydrogen-bond donors (Lipinski definition) is 0. The highest BCUT2D eigenvalue weighted by molar-refractivity contribution is 7.19. The van der Waals surface area contributed by atoms with E-state index < -0.39 is 0 Å². The van der Waals surface area contributed by atoms with Crippen molar-refractivity contribution in [1.82, 2.24) is 14.9 Å². The van der Waals surface area contributed by atoms with E-state index in [-0.39, 0.29) is 5.91 Å². The zero-order valence-electron chi connectivity index (χ0n) is 17.5. The second-order valence-electron chi connectivity index (χ2n) is 8.21. The largest absolute Gasteiger partial charge is 0.352 e. The third-order valence-corrected chi connectivity index (χ3v) is 8.24. The average molecular weight is 441 g/mol. The molecule has 0 radical (unpaired) electrons. The Morgan fingerprint density at radius 2 is 1.97 bits per heavy atom. The Morgan fingerprint density at radius 1 is 1.13 bits per heavy atom. The van der Waals surface area contributed by atoms with E-state index in [1.807, 2.05) is 33.7 Å². The highest BCUT2D eigenvalue weighted by atomic mass is 32.1. The number of piperazine rings is 1. The molecular weight excluding hydrogens is 412 g/mol. The van der Waals surface area contributed by atoms with Gasteiger partial charge in [-0.2, -0.15) is 0 Å². The van der Waals surface area contributed by atoms with Crippen molar-refractivity contribution in [2.24, 2.45) is 0 Å². The molecule has 1 fully saturated rings. The highest BCUT2D eigenvalue weighted by Crippen LogP contribution is 2.40. The first-order chi connectivity index (χ1) is 14.7. The SMILES string of the molecule is CCCCc1nc(N2CCN(C(=O)c3cccs3)CC2)c2c3c(sc2n1)CCCC3. The fourth-order valence-corrected chi connectivity index (χ4v) is 6.50. The van der Waals surface area contributed by atoms with Crippen molar-refractivity contribution in [2.45, 2.75) is 51.9 Å². The molecule has 3 aromatic rings. The zero-order chi connectivity index (χ0) is 20.5. The van der Waals surface area contributed by atoms with Crippen molar-refractivity contribution in [3.63, 3.8) is 0 Å². The molecule has 3 aromatic heterocycles. The maximum absolute atomic E-state index is 12.7. The fourth-order valence-electron chi connectivity index (χ4n) is 4.53. The van der Waals surface area contributed by atoms with Crippen molar-refractivity contribution < 1.29 is 4.79 Å². The normalized spacial score (nSPS) is 16.8. The van der Waals surface area contributed by atoms with Crippen LogP contribution in [0.5, 0.6) is 0 Å². The second kappa shape index (κ2) is 8.63. The number of hydrogen-bond acceptors (Lipinski definition) is 6. The number of unbranched alkanes of at least 4 members (excludes halogenated alkanes) is 1. The maximum atomic E-state index is 12.7. The molecule has 158 valence electrons. The lowest BCUT2D eigenvalue weighted by Crippen LogP contribution is -2.49. The van der Waals surface area contributed by atoms with Crippen LogP contribution in [0.2, 0.25) is 0 Å². The lowest BCUT2D eigenvalue weighted by Gasteiger charge is -2.35.